The van der Waals surface area contributed by atoms with Gasteiger partial charge >= 0.3 is 0 Å². The van der Waals surface area contributed by atoms with E-state index in [-0.39, 0.29) is 0 Å². The number of H-pyrrole nitrogens is 1. The fraction of sp³-hybridized carbons (Fsp3) is 0.333. The quantitative estimate of drug-likeness (QED) is 0.455. The largest absolute Gasteiger partial charge is 0.497 e. The van der Waals surface area contributed by atoms with Crippen LogP contribution in [-0.4, -0.2) is 53.5 Å². The standard InChI is InChI=1S/C24H27N5O3/c1-30-22-4-2-3-18(11-22)14-29(15-19-5-6-20-13-25-27-23(20)12-19)24-26-21(17-32-24)16-28-7-9-31-10-8-28/h2-6,11-13,17H,7-10,14-16H2,1H3,(H,25,27). The summed E-state index contributed by atoms with van der Waals surface area (Å²) in [5.74, 6) is 0.835. The normalized spacial score (nSPS) is 14.7. The Morgan fingerprint density at radius 3 is 2.78 bits per heavy atom. The van der Waals surface area contributed by atoms with Gasteiger partial charge < -0.3 is 18.8 Å². The van der Waals surface area contributed by atoms with Crippen LogP contribution in [0.5, 0.6) is 5.75 Å². The number of morpholine rings is 1. The Hall–Kier alpha value is -3.36. The molecule has 8 heteroatoms. The number of nitrogens with zero attached hydrogens (tertiary/aromatic N) is 4. The van der Waals surface area contributed by atoms with Crippen molar-refractivity contribution >= 4 is 16.9 Å². The Balaban J connectivity index is 1.39. The highest BCUT2D eigenvalue weighted by molar-refractivity contribution is 5.78. The molecule has 32 heavy (non-hydrogen) atoms. The number of hydrogen-bond acceptors (Lipinski definition) is 7. The molecule has 0 aliphatic carbocycles. The molecule has 0 saturated carbocycles. The maximum absolute atomic E-state index is 5.95. The molecule has 0 unspecified atom stereocenters. The first kappa shape index (κ1) is 20.5. The monoisotopic (exact) mass is 433 g/mol. The van der Waals surface area contributed by atoms with Crippen LogP contribution < -0.4 is 9.64 Å². The van der Waals surface area contributed by atoms with E-state index in [1.165, 1.54) is 0 Å². The molecule has 1 aliphatic rings. The third kappa shape index (κ3) is 4.76. The van der Waals surface area contributed by atoms with E-state index in [1.807, 2.05) is 24.4 Å². The Labute approximate surface area is 186 Å². The van der Waals surface area contributed by atoms with Gasteiger partial charge in [-0.3, -0.25) is 10.00 Å². The molecular formula is C24H27N5O3. The Kier molecular flexibility index (Phi) is 6.04. The molecule has 4 aromatic rings. The molecule has 1 saturated heterocycles. The number of anilines is 1. The number of aromatic amines is 1. The molecule has 3 heterocycles. The van der Waals surface area contributed by atoms with Crippen molar-refractivity contribution in [3.05, 3.63) is 71.7 Å². The SMILES string of the molecule is COc1cccc(CN(Cc2ccc3cn[nH]c3c2)c2nc(CN3CCOCC3)co2)c1. The number of methoxy groups -OCH3 is 1. The van der Waals surface area contributed by atoms with Crippen LogP contribution in [0, 0.1) is 0 Å². The van der Waals surface area contributed by atoms with Gasteiger partial charge in [-0.1, -0.05) is 24.3 Å². The Morgan fingerprint density at radius 2 is 1.94 bits per heavy atom. The molecule has 2 aromatic carbocycles. The average Bonchev–Trinajstić information content (AvgIpc) is 3.49. The molecule has 0 spiro atoms. The van der Waals surface area contributed by atoms with Crippen LogP contribution in [0.15, 0.2) is 59.3 Å². The van der Waals surface area contributed by atoms with Gasteiger partial charge in [0.15, 0.2) is 0 Å². The van der Waals surface area contributed by atoms with E-state index in [0.717, 1.165) is 66.3 Å². The second kappa shape index (κ2) is 9.42. The van der Waals surface area contributed by atoms with Gasteiger partial charge in [-0.05, 0) is 29.3 Å². The first-order valence-electron chi connectivity index (χ1n) is 10.8. The third-order valence-corrected chi connectivity index (χ3v) is 5.69. The molecule has 1 aliphatic heterocycles. The number of rotatable bonds is 8. The van der Waals surface area contributed by atoms with Gasteiger partial charge in [0.25, 0.3) is 6.01 Å². The summed E-state index contributed by atoms with van der Waals surface area (Å²) in [6, 6.07) is 15.0. The van der Waals surface area contributed by atoms with Crippen LogP contribution in [0.25, 0.3) is 10.9 Å². The highest BCUT2D eigenvalue weighted by atomic mass is 16.5. The zero-order valence-corrected chi connectivity index (χ0v) is 18.2. The van der Waals surface area contributed by atoms with Crippen molar-refractivity contribution < 1.29 is 13.9 Å². The van der Waals surface area contributed by atoms with Gasteiger partial charge in [-0.15, -0.1) is 0 Å². The molecule has 166 valence electrons. The van der Waals surface area contributed by atoms with Gasteiger partial charge in [0, 0.05) is 38.1 Å². The number of nitrogens with one attached hydrogen (secondary N) is 1. The van der Waals surface area contributed by atoms with E-state index in [4.69, 9.17) is 18.9 Å². The van der Waals surface area contributed by atoms with E-state index in [2.05, 4.69) is 44.3 Å². The lowest BCUT2D eigenvalue weighted by molar-refractivity contribution is 0.0336. The number of fused-ring (bicyclic) bond motifs is 1. The third-order valence-electron chi connectivity index (χ3n) is 5.69. The van der Waals surface area contributed by atoms with Crippen LogP contribution in [0.2, 0.25) is 0 Å². The predicted molar refractivity (Wildman–Crippen MR) is 122 cm³/mol. The van der Waals surface area contributed by atoms with Gasteiger partial charge in [0.05, 0.1) is 37.7 Å². The van der Waals surface area contributed by atoms with Crippen molar-refractivity contribution in [2.75, 3.05) is 38.3 Å². The first-order chi connectivity index (χ1) is 15.8. The summed E-state index contributed by atoms with van der Waals surface area (Å²) in [7, 11) is 1.68. The van der Waals surface area contributed by atoms with E-state index >= 15 is 0 Å². The van der Waals surface area contributed by atoms with E-state index < -0.39 is 0 Å². The Morgan fingerprint density at radius 1 is 1.09 bits per heavy atom. The van der Waals surface area contributed by atoms with Crippen molar-refractivity contribution in [1.82, 2.24) is 20.1 Å². The highest BCUT2D eigenvalue weighted by Gasteiger charge is 2.18. The molecule has 0 atom stereocenters. The van der Waals surface area contributed by atoms with E-state index in [0.29, 0.717) is 19.1 Å². The predicted octanol–water partition coefficient (Wildman–Crippen LogP) is 3.60. The molecule has 8 nitrogen and oxygen atoms in total. The summed E-state index contributed by atoms with van der Waals surface area (Å²) in [6.45, 7) is 5.44. The molecule has 0 amide bonds. The number of ether oxygens (including phenoxy) is 2. The maximum atomic E-state index is 5.95. The Bertz CT molecular complexity index is 1170. The summed E-state index contributed by atoms with van der Waals surface area (Å²) >= 11 is 0. The number of aromatic nitrogens is 3. The molecule has 0 bridgehead atoms. The van der Waals surface area contributed by atoms with Crippen molar-refractivity contribution in [1.29, 1.82) is 0 Å². The topological polar surface area (TPSA) is 79.7 Å². The molecule has 2 aromatic heterocycles. The van der Waals surface area contributed by atoms with Crippen molar-refractivity contribution in [3.8, 4) is 5.75 Å². The van der Waals surface area contributed by atoms with Crippen molar-refractivity contribution in [2.45, 2.75) is 19.6 Å². The molecule has 1 N–H and O–H groups in total. The van der Waals surface area contributed by atoms with Crippen LogP contribution in [0.4, 0.5) is 6.01 Å². The summed E-state index contributed by atoms with van der Waals surface area (Å²) in [6.07, 6.45) is 3.60. The van der Waals surface area contributed by atoms with E-state index in [1.54, 1.807) is 13.4 Å². The summed E-state index contributed by atoms with van der Waals surface area (Å²) in [5, 5.41) is 8.27. The zero-order valence-electron chi connectivity index (χ0n) is 18.2. The number of hydrogen-bond donors (Lipinski definition) is 1. The first-order valence-corrected chi connectivity index (χ1v) is 10.8. The molecular weight excluding hydrogens is 406 g/mol. The fourth-order valence-electron chi connectivity index (χ4n) is 3.99. The van der Waals surface area contributed by atoms with Gasteiger partial charge in [-0.2, -0.15) is 10.1 Å². The van der Waals surface area contributed by atoms with Crippen LogP contribution in [0.3, 0.4) is 0 Å². The summed E-state index contributed by atoms with van der Waals surface area (Å²) in [4.78, 5) is 9.30. The lowest BCUT2D eigenvalue weighted by Gasteiger charge is -2.25. The number of oxazole rings is 1. The maximum Gasteiger partial charge on any atom is 0.298 e. The minimum Gasteiger partial charge on any atom is -0.497 e. The minimum absolute atomic E-state index is 0.612. The van der Waals surface area contributed by atoms with Crippen LogP contribution in [0.1, 0.15) is 16.8 Å². The second-order valence-electron chi connectivity index (χ2n) is 8.01. The summed E-state index contributed by atoms with van der Waals surface area (Å²) in [5.41, 5.74) is 4.23. The minimum atomic E-state index is 0.612. The lowest BCUT2D eigenvalue weighted by atomic mass is 10.1. The van der Waals surface area contributed by atoms with Crippen LogP contribution in [-0.2, 0) is 24.4 Å². The van der Waals surface area contributed by atoms with Crippen molar-refractivity contribution in [3.63, 3.8) is 0 Å². The van der Waals surface area contributed by atoms with Gasteiger partial charge in [0.2, 0.25) is 0 Å². The molecule has 0 radical (unpaired) electrons. The average molecular weight is 434 g/mol. The molecule has 5 rings (SSSR count). The second-order valence-corrected chi connectivity index (χ2v) is 8.01. The van der Waals surface area contributed by atoms with Crippen molar-refractivity contribution in [2.24, 2.45) is 0 Å². The molecule has 1 fully saturated rings. The van der Waals surface area contributed by atoms with Gasteiger partial charge in [0.1, 0.15) is 12.0 Å². The zero-order chi connectivity index (χ0) is 21.8. The smallest absolute Gasteiger partial charge is 0.298 e. The van der Waals surface area contributed by atoms with Crippen LogP contribution >= 0.6 is 0 Å². The van der Waals surface area contributed by atoms with E-state index in [9.17, 15) is 0 Å². The number of benzene rings is 2. The van der Waals surface area contributed by atoms with Gasteiger partial charge in [-0.25, -0.2) is 0 Å². The summed E-state index contributed by atoms with van der Waals surface area (Å²) < 4.78 is 16.8. The lowest BCUT2D eigenvalue weighted by Crippen LogP contribution is -2.35. The highest BCUT2D eigenvalue weighted by Crippen LogP contribution is 2.23. The fourth-order valence-corrected chi connectivity index (χ4v) is 3.99.